The summed E-state index contributed by atoms with van der Waals surface area (Å²) >= 11 is 0. The second kappa shape index (κ2) is 5.60. The third-order valence-electron chi connectivity index (χ3n) is 2.60. The topological polar surface area (TPSA) is 59.1 Å². The highest BCUT2D eigenvalue weighted by atomic mass is 32.2. The van der Waals surface area contributed by atoms with Gasteiger partial charge >= 0.3 is 0 Å². The van der Waals surface area contributed by atoms with E-state index in [4.69, 9.17) is 0 Å². The summed E-state index contributed by atoms with van der Waals surface area (Å²) in [6.07, 6.45) is 2.34. The summed E-state index contributed by atoms with van der Waals surface area (Å²) in [5.74, 6) is 0. The standard InChI is InChI=1S/C12H20N2O2S/c1-9(2)17(15,16)14-11(4)8-12-10(3)6-5-7-13-12/h5-7,9,11,14H,8H2,1-4H3/t11-/m0/s1. The Balaban J connectivity index is 2.69. The predicted octanol–water partition coefficient (Wildman–Crippen LogP) is 1.65. The lowest BCUT2D eigenvalue weighted by atomic mass is 10.1. The van der Waals surface area contributed by atoms with Crippen LogP contribution < -0.4 is 4.72 Å². The molecule has 1 heterocycles. The molecule has 0 aliphatic heterocycles. The molecule has 0 aliphatic carbocycles. The second-order valence-electron chi connectivity index (χ2n) is 4.58. The largest absolute Gasteiger partial charge is 0.261 e. The third-order valence-corrected chi connectivity index (χ3v) is 4.58. The number of hydrogen-bond acceptors (Lipinski definition) is 3. The van der Waals surface area contributed by atoms with E-state index in [1.54, 1.807) is 20.0 Å². The molecule has 1 atom stereocenters. The quantitative estimate of drug-likeness (QED) is 0.871. The Morgan fingerprint density at radius 1 is 1.35 bits per heavy atom. The maximum atomic E-state index is 11.7. The minimum atomic E-state index is -3.21. The molecule has 0 amide bonds. The van der Waals surface area contributed by atoms with Crippen LogP contribution in [0, 0.1) is 6.92 Å². The highest BCUT2D eigenvalue weighted by molar-refractivity contribution is 7.90. The molecule has 0 aliphatic rings. The monoisotopic (exact) mass is 256 g/mol. The van der Waals surface area contributed by atoms with Crippen molar-refractivity contribution >= 4 is 10.0 Å². The van der Waals surface area contributed by atoms with Gasteiger partial charge in [0.15, 0.2) is 0 Å². The smallest absolute Gasteiger partial charge is 0.214 e. The van der Waals surface area contributed by atoms with Crippen LogP contribution in [-0.4, -0.2) is 24.7 Å². The summed E-state index contributed by atoms with van der Waals surface area (Å²) in [6, 6.07) is 3.71. The zero-order valence-corrected chi connectivity index (χ0v) is 11.6. The highest BCUT2D eigenvalue weighted by Gasteiger charge is 2.19. The Labute approximate surface area is 104 Å². The first-order valence-electron chi connectivity index (χ1n) is 5.74. The fourth-order valence-electron chi connectivity index (χ4n) is 1.48. The van der Waals surface area contributed by atoms with E-state index in [1.165, 1.54) is 0 Å². The van der Waals surface area contributed by atoms with Crippen LogP contribution >= 0.6 is 0 Å². The van der Waals surface area contributed by atoms with Crippen molar-refractivity contribution in [3.05, 3.63) is 29.6 Å². The summed E-state index contributed by atoms with van der Waals surface area (Å²) in [5, 5.41) is -0.408. The van der Waals surface area contributed by atoms with Crippen molar-refractivity contribution in [1.82, 2.24) is 9.71 Å². The fourth-order valence-corrected chi connectivity index (χ4v) is 2.40. The molecule has 17 heavy (non-hydrogen) atoms. The Kier molecular flexibility index (Phi) is 4.65. The SMILES string of the molecule is Cc1cccnc1C[C@H](C)NS(=O)(=O)C(C)C. The Bertz CT molecular complexity index is 469. The van der Waals surface area contributed by atoms with Crippen LogP contribution in [0.5, 0.6) is 0 Å². The Hall–Kier alpha value is -0.940. The molecule has 0 fully saturated rings. The fraction of sp³-hybridized carbons (Fsp3) is 0.583. The molecule has 0 spiro atoms. The molecule has 0 saturated heterocycles. The molecule has 1 aromatic heterocycles. The number of nitrogens with zero attached hydrogens (tertiary/aromatic N) is 1. The third kappa shape index (κ3) is 4.09. The lowest BCUT2D eigenvalue weighted by molar-refractivity contribution is 0.549. The van der Waals surface area contributed by atoms with Gasteiger partial charge < -0.3 is 0 Å². The average molecular weight is 256 g/mol. The Morgan fingerprint density at radius 3 is 2.53 bits per heavy atom. The number of rotatable bonds is 5. The van der Waals surface area contributed by atoms with E-state index in [9.17, 15) is 8.42 Å². The summed E-state index contributed by atoms with van der Waals surface area (Å²) in [6.45, 7) is 7.17. The van der Waals surface area contributed by atoms with Gasteiger partial charge in [-0.25, -0.2) is 13.1 Å². The maximum Gasteiger partial charge on any atom is 0.214 e. The van der Waals surface area contributed by atoms with Gasteiger partial charge in [0.1, 0.15) is 0 Å². The minimum Gasteiger partial charge on any atom is -0.261 e. The molecule has 4 nitrogen and oxygen atoms in total. The zero-order chi connectivity index (χ0) is 13.1. The van der Waals surface area contributed by atoms with Gasteiger partial charge in [-0.15, -0.1) is 0 Å². The number of pyridine rings is 1. The van der Waals surface area contributed by atoms with Gasteiger partial charge in [0.25, 0.3) is 0 Å². The molecule has 0 radical (unpaired) electrons. The zero-order valence-electron chi connectivity index (χ0n) is 10.8. The van der Waals surface area contributed by atoms with E-state index in [-0.39, 0.29) is 6.04 Å². The second-order valence-corrected chi connectivity index (χ2v) is 6.85. The maximum absolute atomic E-state index is 11.7. The van der Waals surface area contributed by atoms with Gasteiger partial charge in [0, 0.05) is 24.4 Å². The van der Waals surface area contributed by atoms with Crippen LogP contribution in [0.25, 0.3) is 0 Å². The summed E-state index contributed by atoms with van der Waals surface area (Å²) < 4.78 is 26.0. The lowest BCUT2D eigenvalue weighted by Gasteiger charge is -2.16. The molecule has 1 aromatic rings. The number of aromatic nitrogens is 1. The minimum absolute atomic E-state index is 0.143. The van der Waals surface area contributed by atoms with Gasteiger partial charge in [0.2, 0.25) is 10.0 Å². The molecule has 1 rings (SSSR count). The van der Waals surface area contributed by atoms with Crippen molar-refractivity contribution in [3.63, 3.8) is 0 Å². The van der Waals surface area contributed by atoms with Crippen LogP contribution in [0.1, 0.15) is 32.0 Å². The van der Waals surface area contributed by atoms with Crippen LogP contribution in [0.4, 0.5) is 0 Å². The number of aryl methyl sites for hydroxylation is 1. The molecule has 1 N–H and O–H groups in total. The van der Waals surface area contributed by atoms with Crippen molar-refractivity contribution < 1.29 is 8.42 Å². The molecule has 0 unspecified atom stereocenters. The normalized spacial score (nSPS) is 13.9. The van der Waals surface area contributed by atoms with Gasteiger partial charge in [0.05, 0.1) is 5.25 Å². The molecular weight excluding hydrogens is 236 g/mol. The Morgan fingerprint density at radius 2 is 2.00 bits per heavy atom. The molecule has 96 valence electrons. The highest BCUT2D eigenvalue weighted by Crippen LogP contribution is 2.07. The first-order chi connectivity index (χ1) is 7.83. The predicted molar refractivity (Wildman–Crippen MR) is 69.3 cm³/mol. The van der Waals surface area contributed by atoms with Crippen LogP contribution in [0.2, 0.25) is 0 Å². The van der Waals surface area contributed by atoms with Gasteiger partial charge in [-0.1, -0.05) is 6.07 Å². The van der Waals surface area contributed by atoms with E-state index in [1.807, 2.05) is 26.0 Å². The van der Waals surface area contributed by atoms with E-state index < -0.39 is 15.3 Å². The van der Waals surface area contributed by atoms with Crippen molar-refractivity contribution in [3.8, 4) is 0 Å². The van der Waals surface area contributed by atoms with Gasteiger partial charge in [-0.2, -0.15) is 0 Å². The van der Waals surface area contributed by atoms with E-state index in [0.29, 0.717) is 6.42 Å². The molecule has 0 saturated carbocycles. The van der Waals surface area contributed by atoms with Crippen molar-refractivity contribution in [2.24, 2.45) is 0 Å². The first-order valence-corrected chi connectivity index (χ1v) is 7.29. The van der Waals surface area contributed by atoms with E-state index in [0.717, 1.165) is 11.3 Å². The van der Waals surface area contributed by atoms with Gasteiger partial charge in [-0.3, -0.25) is 4.98 Å². The summed E-state index contributed by atoms with van der Waals surface area (Å²) in [4.78, 5) is 4.26. The lowest BCUT2D eigenvalue weighted by Crippen LogP contribution is -2.38. The van der Waals surface area contributed by atoms with E-state index >= 15 is 0 Å². The number of sulfonamides is 1. The van der Waals surface area contributed by atoms with E-state index in [2.05, 4.69) is 9.71 Å². The number of hydrogen-bond donors (Lipinski definition) is 1. The molecule has 0 aromatic carbocycles. The number of nitrogens with one attached hydrogen (secondary N) is 1. The summed E-state index contributed by atoms with van der Waals surface area (Å²) in [7, 11) is -3.21. The summed E-state index contributed by atoms with van der Waals surface area (Å²) in [5.41, 5.74) is 2.02. The molecule has 0 bridgehead atoms. The first kappa shape index (κ1) is 14.1. The van der Waals surface area contributed by atoms with Crippen LogP contribution in [0.3, 0.4) is 0 Å². The van der Waals surface area contributed by atoms with Crippen LogP contribution in [-0.2, 0) is 16.4 Å². The molecular formula is C12H20N2O2S. The van der Waals surface area contributed by atoms with Gasteiger partial charge in [-0.05, 0) is 39.3 Å². The van der Waals surface area contributed by atoms with Crippen molar-refractivity contribution in [2.75, 3.05) is 0 Å². The van der Waals surface area contributed by atoms with Crippen molar-refractivity contribution in [1.29, 1.82) is 0 Å². The molecule has 5 heteroatoms. The van der Waals surface area contributed by atoms with Crippen molar-refractivity contribution in [2.45, 2.75) is 45.4 Å². The van der Waals surface area contributed by atoms with Crippen LogP contribution in [0.15, 0.2) is 18.3 Å². The average Bonchev–Trinajstić information content (AvgIpc) is 2.20.